The minimum Gasteiger partial charge on any atom is -0.369 e. The summed E-state index contributed by atoms with van der Waals surface area (Å²) in [5.74, 6) is -0.0547. The third kappa shape index (κ3) is 4.56. The molecule has 1 fully saturated rings. The molecule has 1 aromatic carbocycles. The number of sulfonamides is 1. The van der Waals surface area contributed by atoms with Crippen LogP contribution >= 0.6 is 0 Å². The molecule has 1 amide bonds. The van der Waals surface area contributed by atoms with Crippen LogP contribution in [0.3, 0.4) is 0 Å². The molecule has 0 spiro atoms. The van der Waals surface area contributed by atoms with Crippen LogP contribution in [-0.4, -0.2) is 80.9 Å². The maximum absolute atomic E-state index is 13.1. The Kier molecular flexibility index (Phi) is 6.44. The number of benzene rings is 1. The Hall–Kier alpha value is -1.48. The van der Waals surface area contributed by atoms with Crippen LogP contribution in [0.2, 0.25) is 0 Å². The highest BCUT2D eigenvalue weighted by Gasteiger charge is 2.34. The second-order valence-electron chi connectivity index (χ2n) is 8.12. The first-order valence-electron chi connectivity index (χ1n) is 9.86. The van der Waals surface area contributed by atoms with Gasteiger partial charge in [0.2, 0.25) is 15.9 Å². The molecule has 0 unspecified atom stereocenters. The number of nitrogens with zero attached hydrogens (tertiary/aromatic N) is 3. The highest BCUT2D eigenvalue weighted by Crippen LogP contribution is 2.27. The average molecular weight is 410 g/mol. The third-order valence-electron chi connectivity index (χ3n) is 5.58. The Morgan fingerprint density at radius 3 is 2.64 bits per heavy atom. The van der Waals surface area contributed by atoms with E-state index in [1.165, 1.54) is 0 Å². The molecule has 0 aromatic heterocycles. The summed E-state index contributed by atoms with van der Waals surface area (Å²) in [6.07, 6.45) is 1.58. The number of hydrogen-bond donors (Lipinski definition) is 0. The Bertz CT molecular complexity index is 823. The second-order valence-corrected chi connectivity index (χ2v) is 10.1. The van der Waals surface area contributed by atoms with Crippen LogP contribution in [0.1, 0.15) is 31.4 Å². The predicted octanol–water partition coefficient (Wildman–Crippen LogP) is 1.32. The summed E-state index contributed by atoms with van der Waals surface area (Å²) in [4.78, 5) is 16.5. The first-order chi connectivity index (χ1) is 13.2. The zero-order valence-electron chi connectivity index (χ0n) is 17.2. The first kappa shape index (κ1) is 21.2. The zero-order valence-corrected chi connectivity index (χ0v) is 18.0. The molecule has 1 saturated heterocycles. The smallest absolute Gasteiger partial charge is 0.248 e. The molecule has 0 radical (unpaired) electrons. The van der Waals surface area contributed by atoms with Gasteiger partial charge in [0.25, 0.3) is 0 Å². The fraction of sp³-hybridized carbons (Fsp3) is 0.650. The molecule has 2 aliphatic heterocycles. The van der Waals surface area contributed by atoms with Gasteiger partial charge in [-0.15, -0.1) is 0 Å². The molecular weight excluding hydrogens is 378 g/mol. The summed E-state index contributed by atoms with van der Waals surface area (Å²) in [5.41, 5.74) is 2.02. The monoisotopic (exact) mass is 409 g/mol. The van der Waals surface area contributed by atoms with Crippen molar-refractivity contribution >= 4 is 15.9 Å². The number of fused-ring (bicyclic) bond motifs is 1. The summed E-state index contributed by atoms with van der Waals surface area (Å²) >= 11 is 0. The lowest BCUT2D eigenvalue weighted by molar-refractivity contribution is -0.138. The maximum atomic E-state index is 13.1. The molecule has 1 atom stereocenters. The Balaban J connectivity index is 1.74. The van der Waals surface area contributed by atoms with Crippen molar-refractivity contribution in [3.05, 3.63) is 29.3 Å². The van der Waals surface area contributed by atoms with Crippen molar-refractivity contribution in [1.82, 2.24) is 14.1 Å². The van der Waals surface area contributed by atoms with E-state index in [0.29, 0.717) is 31.1 Å². The van der Waals surface area contributed by atoms with Crippen molar-refractivity contribution in [2.45, 2.75) is 50.3 Å². The Morgan fingerprint density at radius 1 is 1.25 bits per heavy atom. The number of carbonyl (C=O) groups excluding carboxylic acids is 1. The van der Waals surface area contributed by atoms with Crippen molar-refractivity contribution in [1.29, 1.82) is 0 Å². The molecule has 3 rings (SSSR count). The normalized spacial score (nSPS) is 20.8. The van der Waals surface area contributed by atoms with E-state index in [1.54, 1.807) is 21.3 Å². The number of hydrogen-bond acceptors (Lipinski definition) is 5. The molecule has 1 aromatic rings. The van der Waals surface area contributed by atoms with Crippen LogP contribution in [0.25, 0.3) is 0 Å². The number of carbonyl (C=O) groups is 1. The van der Waals surface area contributed by atoms with Crippen LogP contribution in [0, 0.1) is 0 Å². The first-order valence-corrected chi connectivity index (χ1v) is 11.3. The average Bonchev–Trinajstić information content (AvgIpc) is 3.16. The van der Waals surface area contributed by atoms with Crippen LogP contribution in [0.4, 0.5) is 0 Å². The topological polar surface area (TPSA) is 70.2 Å². The van der Waals surface area contributed by atoms with Gasteiger partial charge in [-0.2, -0.15) is 4.31 Å². The SMILES string of the molecule is CC(C)OCC(=O)N1CCc2ccc(S(=O)(=O)N3CC[C@@H](N(C)C)C3)cc2C1. The molecule has 156 valence electrons. The summed E-state index contributed by atoms with van der Waals surface area (Å²) in [6.45, 7) is 5.98. The van der Waals surface area contributed by atoms with Crippen LogP contribution < -0.4 is 0 Å². The molecule has 7 nitrogen and oxygen atoms in total. The van der Waals surface area contributed by atoms with E-state index >= 15 is 0 Å². The number of likely N-dealkylation sites (N-methyl/N-ethyl adjacent to an activating group) is 1. The van der Waals surface area contributed by atoms with Crippen molar-refractivity contribution in [3.63, 3.8) is 0 Å². The van der Waals surface area contributed by atoms with Gasteiger partial charge in [-0.05, 0) is 64.0 Å². The lowest BCUT2D eigenvalue weighted by Gasteiger charge is -2.29. The molecule has 28 heavy (non-hydrogen) atoms. The van der Waals surface area contributed by atoms with Gasteiger partial charge in [0.1, 0.15) is 6.61 Å². The lowest BCUT2D eigenvalue weighted by atomic mass is 10.00. The summed E-state index contributed by atoms with van der Waals surface area (Å²) in [5, 5.41) is 0. The standard InChI is InChI=1S/C20H31N3O4S/c1-15(2)27-14-20(24)22-9-7-16-5-6-19(11-17(16)12-22)28(25,26)23-10-8-18(13-23)21(3)4/h5-6,11,15,18H,7-10,12-14H2,1-4H3/t18-/m1/s1. The Labute approximate surface area is 168 Å². The quantitative estimate of drug-likeness (QED) is 0.709. The van der Waals surface area contributed by atoms with E-state index in [1.807, 2.05) is 34.0 Å². The van der Waals surface area contributed by atoms with E-state index in [-0.39, 0.29) is 24.7 Å². The van der Waals surface area contributed by atoms with E-state index in [9.17, 15) is 13.2 Å². The summed E-state index contributed by atoms with van der Waals surface area (Å²) in [6, 6.07) is 5.60. The molecule has 2 aliphatic rings. The van der Waals surface area contributed by atoms with Gasteiger partial charge in [0, 0.05) is 32.2 Å². The Morgan fingerprint density at radius 2 is 2.00 bits per heavy atom. The highest BCUT2D eigenvalue weighted by molar-refractivity contribution is 7.89. The predicted molar refractivity (Wildman–Crippen MR) is 108 cm³/mol. The van der Waals surface area contributed by atoms with Crippen LogP contribution in [0.15, 0.2) is 23.1 Å². The van der Waals surface area contributed by atoms with E-state index < -0.39 is 10.0 Å². The van der Waals surface area contributed by atoms with Crippen LogP contribution in [-0.2, 0) is 32.5 Å². The van der Waals surface area contributed by atoms with Gasteiger partial charge in [0.05, 0.1) is 11.0 Å². The van der Waals surface area contributed by atoms with Crippen molar-refractivity contribution in [3.8, 4) is 0 Å². The molecule has 2 heterocycles. The lowest BCUT2D eigenvalue weighted by Crippen LogP contribution is -2.39. The molecule has 0 saturated carbocycles. The zero-order chi connectivity index (χ0) is 20.5. The van der Waals surface area contributed by atoms with Gasteiger partial charge in [0.15, 0.2) is 0 Å². The van der Waals surface area contributed by atoms with Crippen molar-refractivity contribution < 1.29 is 17.9 Å². The third-order valence-corrected chi connectivity index (χ3v) is 7.44. The van der Waals surface area contributed by atoms with E-state index in [4.69, 9.17) is 4.74 Å². The summed E-state index contributed by atoms with van der Waals surface area (Å²) in [7, 11) is 0.442. The van der Waals surface area contributed by atoms with Gasteiger partial charge < -0.3 is 14.5 Å². The van der Waals surface area contributed by atoms with Gasteiger partial charge >= 0.3 is 0 Å². The van der Waals surface area contributed by atoms with Gasteiger partial charge in [-0.3, -0.25) is 4.79 Å². The molecule has 8 heteroatoms. The highest BCUT2D eigenvalue weighted by atomic mass is 32.2. The van der Waals surface area contributed by atoms with E-state index in [0.717, 1.165) is 24.0 Å². The minimum absolute atomic E-state index is 0.00391. The fourth-order valence-electron chi connectivity index (χ4n) is 3.74. The van der Waals surface area contributed by atoms with Crippen LogP contribution in [0.5, 0.6) is 0 Å². The molecule has 0 aliphatic carbocycles. The molecular formula is C20H31N3O4S. The van der Waals surface area contributed by atoms with Gasteiger partial charge in [-0.25, -0.2) is 8.42 Å². The summed E-state index contributed by atoms with van der Waals surface area (Å²) < 4.78 is 33.2. The fourth-order valence-corrected chi connectivity index (χ4v) is 5.28. The number of amides is 1. The molecule has 0 N–H and O–H groups in total. The van der Waals surface area contributed by atoms with Crippen molar-refractivity contribution in [2.24, 2.45) is 0 Å². The minimum atomic E-state index is -3.52. The number of ether oxygens (including phenoxy) is 1. The largest absolute Gasteiger partial charge is 0.369 e. The second kappa shape index (κ2) is 8.49. The van der Waals surface area contributed by atoms with E-state index in [2.05, 4.69) is 4.90 Å². The number of rotatable bonds is 6. The maximum Gasteiger partial charge on any atom is 0.248 e. The molecule has 0 bridgehead atoms. The van der Waals surface area contributed by atoms with Gasteiger partial charge in [-0.1, -0.05) is 6.07 Å². The van der Waals surface area contributed by atoms with Crippen molar-refractivity contribution in [2.75, 3.05) is 40.3 Å².